The fourth-order valence-electron chi connectivity index (χ4n) is 1.70. The van der Waals surface area contributed by atoms with Crippen LogP contribution in [0.4, 0.5) is 11.8 Å². The molecule has 0 saturated carbocycles. The van der Waals surface area contributed by atoms with Gasteiger partial charge in [-0.05, 0) is 6.92 Å². The number of nitrogens with zero attached hydrogens (tertiary/aromatic N) is 4. The second kappa shape index (κ2) is 5.51. The van der Waals surface area contributed by atoms with Crippen LogP contribution >= 0.6 is 0 Å². The molecule has 0 radical (unpaired) electrons. The quantitative estimate of drug-likeness (QED) is 0.700. The molecule has 2 heterocycles. The average Bonchev–Trinajstić information content (AvgIpc) is 2.86. The van der Waals surface area contributed by atoms with Gasteiger partial charge in [0.05, 0.1) is 12.9 Å². The first kappa shape index (κ1) is 13.1. The standard InChI is InChI=1S/C11H17N7O/c1-4-13-11-16-9-8(14-6-15-9)10(17-11)18(3)5-7(19)12-2/h6H,4-5H2,1-3H3,(H,12,19)(H2,13,14,15,16,17). The highest BCUT2D eigenvalue weighted by Gasteiger charge is 2.15. The predicted octanol–water partition coefficient (Wildman–Crippen LogP) is -0.0331. The molecule has 0 aliphatic carbocycles. The van der Waals surface area contributed by atoms with E-state index >= 15 is 0 Å². The number of anilines is 2. The van der Waals surface area contributed by atoms with E-state index in [1.807, 2.05) is 6.92 Å². The lowest BCUT2D eigenvalue weighted by molar-refractivity contribution is -0.119. The molecule has 19 heavy (non-hydrogen) atoms. The number of amides is 1. The van der Waals surface area contributed by atoms with Crippen LogP contribution < -0.4 is 15.5 Å². The number of likely N-dealkylation sites (N-methyl/N-ethyl adjacent to an activating group) is 2. The summed E-state index contributed by atoms with van der Waals surface area (Å²) in [4.78, 5) is 29.0. The minimum Gasteiger partial charge on any atom is -0.358 e. The third-order valence-corrected chi connectivity index (χ3v) is 2.62. The van der Waals surface area contributed by atoms with Gasteiger partial charge in [0.1, 0.15) is 5.52 Å². The van der Waals surface area contributed by atoms with Crippen molar-refractivity contribution in [3.63, 3.8) is 0 Å². The Morgan fingerprint density at radius 2 is 2.26 bits per heavy atom. The van der Waals surface area contributed by atoms with Gasteiger partial charge < -0.3 is 20.5 Å². The van der Waals surface area contributed by atoms with Gasteiger partial charge >= 0.3 is 0 Å². The second-order valence-electron chi connectivity index (χ2n) is 4.03. The van der Waals surface area contributed by atoms with Gasteiger partial charge in [-0.2, -0.15) is 9.97 Å². The van der Waals surface area contributed by atoms with Crippen molar-refractivity contribution in [2.75, 3.05) is 37.4 Å². The average molecular weight is 263 g/mol. The van der Waals surface area contributed by atoms with Crippen molar-refractivity contribution in [1.82, 2.24) is 25.3 Å². The molecule has 8 nitrogen and oxygen atoms in total. The summed E-state index contributed by atoms with van der Waals surface area (Å²) < 4.78 is 0. The summed E-state index contributed by atoms with van der Waals surface area (Å²) >= 11 is 0. The van der Waals surface area contributed by atoms with Crippen LogP contribution in [0.1, 0.15) is 6.92 Å². The molecule has 0 bridgehead atoms. The lowest BCUT2D eigenvalue weighted by Crippen LogP contribution is -2.33. The van der Waals surface area contributed by atoms with Crippen LogP contribution in [0.5, 0.6) is 0 Å². The van der Waals surface area contributed by atoms with E-state index in [9.17, 15) is 4.79 Å². The molecule has 1 amide bonds. The summed E-state index contributed by atoms with van der Waals surface area (Å²) in [6.07, 6.45) is 1.56. The molecule has 2 aromatic heterocycles. The number of aromatic amines is 1. The third kappa shape index (κ3) is 2.72. The van der Waals surface area contributed by atoms with Gasteiger partial charge in [-0.3, -0.25) is 4.79 Å². The van der Waals surface area contributed by atoms with Crippen LogP contribution in [0.2, 0.25) is 0 Å². The van der Waals surface area contributed by atoms with E-state index in [0.717, 1.165) is 0 Å². The number of aromatic nitrogens is 4. The van der Waals surface area contributed by atoms with Crippen LogP contribution in [0, 0.1) is 0 Å². The summed E-state index contributed by atoms with van der Waals surface area (Å²) in [5, 5.41) is 5.63. The Balaban J connectivity index is 2.39. The summed E-state index contributed by atoms with van der Waals surface area (Å²) in [5.41, 5.74) is 1.29. The molecule has 8 heteroatoms. The Morgan fingerprint density at radius 1 is 1.47 bits per heavy atom. The predicted molar refractivity (Wildman–Crippen MR) is 73.2 cm³/mol. The van der Waals surface area contributed by atoms with E-state index in [1.54, 1.807) is 25.3 Å². The molecule has 3 N–H and O–H groups in total. The zero-order valence-corrected chi connectivity index (χ0v) is 11.2. The maximum atomic E-state index is 11.4. The number of carbonyl (C=O) groups is 1. The number of rotatable bonds is 5. The molecule has 0 saturated heterocycles. The molecule has 0 aliphatic rings. The van der Waals surface area contributed by atoms with E-state index in [4.69, 9.17) is 0 Å². The fourth-order valence-corrected chi connectivity index (χ4v) is 1.70. The van der Waals surface area contributed by atoms with Crippen molar-refractivity contribution in [2.24, 2.45) is 0 Å². The molecule has 0 unspecified atom stereocenters. The van der Waals surface area contributed by atoms with Crippen molar-refractivity contribution in [1.29, 1.82) is 0 Å². The summed E-state index contributed by atoms with van der Waals surface area (Å²) in [6.45, 7) is 2.90. The Hall–Kier alpha value is -2.38. The molecule has 0 atom stereocenters. The van der Waals surface area contributed by atoms with Gasteiger partial charge in [-0.15, -0.1) is 0 Å². The topological polar surface area (TPSA) is 98.8 Å². The van der Waals surface area contributed by atoms with Crippen LogP contribution in [-0.2, 0) is 4.79 Å². The summed E-state index contributed by atoms with van der Waals surface area (Å²) in [6, 6.07) is 0. The minimum absolute atomic E-state index is 0.0845. The smallest absolute Gasteiger partial charge is 0.239 e. The first-order valence-electron chi connectivity index (χ1n) is 6.02. The Bertz CT molecular complexity index is 579. The number of nitrogens with one attached hydrogen (secondary N) is 3. The van der Waals surface area contributed by atoms with Crippen molar-refractivity contribution in [3.8, 4) is 0 Å². The first-order valence-corrected chi connectivity index (χ1v) is 6.02. The minimum atomic E-state index is -0.0845. The SMILES string of the molecule is CCNc1nc(N(C)CC(=O)NC)c2[nH]cnc2n1. The van der Waals surface area contributed by atoms with E-state index in [1.165, 1.54) is 0 Å². The van der Waals surface area contributed by atoms with Crippen LogP contribution in [0.25, 0.3) is 11.2 Å². The van der Waals surface area contributed by atoms with E-state index in [2.05, 4.69) is 30.6 Å². The number of hydrogen-bond acceptors (Lipinski definition) is 6. The van der Waals surface area contributed by atoms with Crippen molar-refractivity contribution < 1.29 is 4.79 Å². The van der Waals surface area contributed by atoms with Crippen molar-refractivity contribution in [3.05, 3.63) is 6.33 Å². The lowest BCUT2D eigenvalue weighted by atomic mass is 10.4. The molecule has 2 aromatic rings. The molecule has 0 aromatic carbocycles. The maximum absolute atomic E-state index is 11.4. The monoisotopic (exact) mass is 263 g/mol. The maximum Gasteiger partial charge on any atom is 0.239 e. The lowest BCUT2D eigenvalue weighted by Gasteiger charge is -2.18. The Kier molecular flexibility index (Phi) is 3.79. The molecular formula is C11H17N7O. The molecular weight excluding hydrogens is 246 g/mol. The van der Waals surface area contributed by atoms with Crippen molar-refractivity contribution >= 4 is 28.8 Å². The summed E-state index contributed by atoms with van der Waals surface area (Å²) in [5.74, 6) is 1.06. The van der Waals surface area contributed by atoms with Gasteiger partial charge in [-0.25, -0.2) is 4.98 Å². The number of carbonyl (C=O) groups excluding carboxylic acids is 1. The van der Waals surface area contributed by atoms with Crippen molar-refractivity contribution in [2.45, 2.75) is 6.92 Å². The molecule has 0 aliphatic heterocycles. The van der Waals surface area contributed by atoms with Gasteiger partial charge in [0.15, 0.2) is 11.5 Å². The largest absolute Gasteiger partial charge is 0.358 e. The highest BCUT2D eigenvalue weighted by atomic mass is 16.1. The molecule has 2 rings (SSSR count). The third-order valence-electron chi connectivity index (χ3n) is 2.62. The van der Waals surface area contributed by atoms with Gasteiger partial charge in [-0.1, -0.05) is 0 Å². The number of H-pyrrole nitrogens is 1. The van der Waals surface area contributed by atoms with E-state index in [0.29, 0.717) is 29.5 Å². The van der Waals surface area contributed by atoms with E-state index < -0.39 is 0 Å². The number of fused-ring (bicyclic) bond motifs is 1. The van der Waals surface area contributed by atoms with Gasteiger partial charge in [0.2, 0.25) is 11.9 Å². The molecule has 0 fully saturated rings. The van der Waals surface area contributed by atoms with Gasteiger partial charge in [0, 0.05) is 20.6 Å². The molecule has 102 valence electrons. The Labute approximate surface area is 110 Å². The fraction of sp³-hybridized carbons (Fsp3) is 0.455. The normalized spacial score (nSPS) is 10.5. The highest BCUT2D eigenvalue weighted by Crippen LogP contribution is 2.21. The molecule has 0 spiro atoms. The van der Waals surface area contributed by atoms with E-state index in [-0.39, 0.29) is 12.5 Å². The number of hydrogen-bond donors (Lipinski definition) is 3. The Morgan fingerprint density at radius 3 is 2.95 bits per heavy atom. The zero-order chi connectivity index (χ0) is 13.8. The van der Waals surface area contributed by atoms with Crippen LogP contribution in [-0.4, -0.2) is 53.0 Å². The van der Waals surface area contributed by atoms with Crippen LogP contribution in [0.15, 0.2) is 6.33 Å². The summed E-state index contributed by atoms with van der Waals surface area (Å²) in [7, 11) is 3.40. The highest BCUT2D eigenvalue weighted by molar-refractivity contribution is 5.87. The second-order valence-corrected chi connectivity index (χ2v) is 4.03. The van der Waals surface area contributed by atoms with Crippen LogP contribution in [0.3, 0.4) is 0 Å². The number of imidazole rings is 1. The zero-order valence-electron chi connectivity index (χ0n) is 11.2. The van der Waals surface area contributed by atoms with Gasteiger partial charge in [0.25, 0.3) is 0 Å². The first-order chi connectivity index (χ1) is 9.15.